The predicted molar refractivity (Wildman–Crippen MR) is 106 cm³/mol. The molecule has 148 valence electrons. The maximum absolute atomic E-state index is 12.5. The number of nitrogens with zero attached hydrogens (tertiary/aromatic N) is 2. The number of amides is 1. The van der Waals surface area contributed by atoms with Crippen LogP contribution in [0.4, 0.5) is 0 Å². The Bertz CT molecular complexity index is 839. The molecule has 2 heterocycles. The van der Waals surface area contributed by atoms with Gasteiger partial charge >= 0.3 is 0 Å². The van der Waals surface area contributed by atoms with Crippen LogP contribution in [0.5, 0.6) is 17.2 Å². The molecule has 0 saturated carbocycles. The molecule has 6 heteroatoms. The lowest BCUT2D eigenvalue weighted by Crippen LogP contribution is -2.49. The lowest BCUT2D eigenvalue weighted by molar-refractivity contribution is -0.135. The molecule has 1 saturated heterocycles. The number of piperazine rings is 1. The van der Waals surface area contributed by atoms with Crippen molar-refractivity contribution in [1.29, 1.82) is 0 Å². The van der Waals surface area contributed by atoms with Crippen molar-refractivity contribution in [2.75, 3.05) is 39.6 Å². The van der Waals surface area contributed by atoms with Crippen molar-refractivity contribution in [2.24, 2.45) is 0 Å². The molecule has 0 radical (unpaired) electrons. The number of fused-ring (bicyclic) bond motifs is 1. The first kappa shape index (κ1) is 18.6. The van der Waals surface area contributed by atoms with E-state index in [1.807, 2.05) is 43.0 Å². The van der Waals surface area contributed by atoms with E-state index in [1.165, 1.54) is 5.56 Å². The molecule has 28 heavy (non-hydrogen) atoms. The third-order valence-corrected chi connectivity index (χ3v) is 5.13. The van der Waals surface area contributed by atoms with Crippen molar-refractivity contribution in [3.63, 3.8) is 0 Å². The summed E-state index contributed by atoms with van der Waals surface area (Å²) in [6.45, 7) is 8.43. The van der Waals surface area contributed by atoms with Crippen molar-refractivity contribution in [3.05, 3.63) is 53.1 Å². The summed E-state index contributed by atoms with van der Waals surface area (Å²) < 4.78 is 16.5. The van der Waals surface area contributed by atoms with E-state index in [-0.39, 0.29) is 12.5 Å². The summed E-state index contributed by atoms with van der Waals surface area (Å²) in [5.41, 5.74) is 3.47. The Balaban J connectivity index is 1.25. The number of ether oxygens (including phenoxy) is 3. The predicted octanol–water partition coefficient (Wildman–Crippen LogP) is 2.76. The highest BCUT2D eigenvalue weighted by Crippen LogP contribution is 2.32. The van der Waals surface area contributed by atoms with Crippen LogP contribution in [0.25, 0.3) is 0 Å². The fourth-order valence-corrected chi connectivity index (χ4v) is 3.71. The molecule has 0 aromatic heterocycles. The highest BCUT2D eigenvalue weighted by atomic mass is 16.7. The van der Waals surface area contributed by atoms with Gasteiger partial charge in [0.2, 0.25) is 6.79 Å². The second kappa shape index (κ2) is 8.10. The fraction of sp³-hybridized carbons (Fsp3) is 0.409. The molecule has 2 aromatic carbocycles. The van der Waals surface area contributed by atoms with Gasteiger partial charge in [0.1, 0.15) is 5.75 Å². The van der Waals surface area contributed by atoms with Crippen LogP contribution in [0.15, 0.2) is 36.4 Å². The summed E-state index contributed by atoms with van der Waals surface area (Å²) in [5.74, 6) is 2.42. The van der Waals surface area contributed by atoms with Crippen molar-refractivity contribution >= 4 is 5.91 Å². The van der Waals surface area contributed by atoms with Crippen molar-refractivity contribution in [3.8, 4) is 17.2 Å². The van der Waals surface area contributed by atoms with Crippen molar-refractivity contribution in [2.45, 2.75) is 20.4 Å². The summed E-state index contributed by atoms with van der Waals surface area (Å²) in [7, 11) is 0. The van der Waals surface area contributed by atoms with E-state index < -0.39 is 0 Å². The van der Waals surface area contributed by atoms with Gasteiger partial charge in [0.05, 0.1) is 0 Å². The zero-order valence-corrected chi connectivity index (χ0v) is 16.4. The SMILES string of the molecule is Cc1cc(C)cc(OCC(=O)N2CCN(Cc3ccc4c(c3)OCO4)CC2)c1. The molecular formula is C22H26N2O4. The van der Waals surface area contributed by atoms with E-state index >= 15 is 0 Å². The van der Waals surface area contributed by atoms with Crippen LogP contribution in [0, 0.1) is 13.8 Å². The average molecular weight is 382 g/mol. The second-order valence-electron chi connectivity index (χ2n) is 7.46. The van der Waals surface area contributed by atoms with Crippen LogP contribution in [0.1, 0.15) is 16.7 Å². The van der Waals surface area contributed by atoms with Crippen LogP contribution < -0.4 is 14.2 Å². The average Bonchev–Trinajstić information content (AvgIpc) is 3.14. The number of aryl methyl sites for hydroxylation is 2. The second-order valence-corrected chi connectivity index (χ2v) is 7.46. The maximum Gasteiger partial charge on any atom is 0.260 e. The number of benzene rings is 2. The van der Waals surface area contributed by atoms with E-state index in [1.54, 1.807) is 0 Å². The van der Waals surface area contributed by atoms with Gasteiger partial charge in [0, 0.05) is 32.7 Å². The van der Waals surface area contributed by atoms with Gasteiger partial charge in [0.25, 0.3) is 5.91 Å². The van der Waals surface area contributed by atoms with Crippen LogP contribution in [-0.4, -0.2) is 55.3 Å². The number of hydrogen-bond acceptors (Lipinski definition) is 5. The van der Waals surface area contributed by atoms with Gasteiger partial charge < -0.3 is 19.1 Å². The summed E-state index contributed by atoms with van der Waals surface area (Å²) in [6, 6.07) is 12.1. The Labute approximate surface area is 165 Å². The molecule has 2 aliphatic rings. The van der Waals surface area contributed by atoms with Crippen LogP contribution >= 0.6 is 0 Å². The zero-order valence-electron chi connectivity index (χ0n) is 16.4. The third-order valence-electron chi connectivity index (χ3n) is 5.13. The first-order valence-electron chi connectivity index (χ1n) is 9.66. The summed E-state index contributed by atoms with van der Waals surface area (Å²) in [4.78, 5) is 16.7. The van der Waals surface area contributed by atoms with Gasteiger partial charge in [-0.3, -0.25) is 9.69 Å². The number of carbonyl (C=O) groups excluding carboxylic acids is 1. The minimum Gasteiger partial charge on any atom is -0.484 e. The van der Waals surface area contributed by atoms with Crippen LogP contribution in [0.2, 0.25) is 0 Å². The molecule has 1 amide bonds. The third kappa shape index (κ3) is 4.39. The largest absolute Gasteiger partial charge is 0.484 e. The Hall–Kier alpha value is -2.73. The first-order valence-corrected chi connectivity index (χ1v) is 9.66. The highest BCUT2D eigenvalue weighted by Gasteiger charge is 2.22. The lowest BCUT2D eigenvalue weighted by Gasteiger charge is -2.34. The highest BCUT2D eigenvalue weighted by molar-refractivity contribution is 5.77. The first-order chi connectivity index (χ1) is 13.6. The molecule has 2 aliphatic heterocycles. The maximum atomic E-state index is 12.5. The quantitative estimate of drug-likeness (QED) is 0.796. The minimum absolute atomic E-state index is 0.0434. The fourth-order valence-electron chi connectivity index (χ4n) is 3.71. The topological polar surface area (TPSA) is 51.2 Å². The van der Waals surface area contributed by atoms with Crippen molar-refractivity contribution < 1.29 is 19.0 Å². The van der Waals surface area contributed by atoms with Crippen LogP contribution in [-0.2, 0) is 11.3 Å². The Morgan fingerprint density at radius 2 is 1.68 bits per heavy atom. The lowest BCUT2D eigenvalue weighted by atomic mass is 10.1. The molecule has 2 aromatic rings. The van der Waals surface area contributed by atoms with E-state index in [0.29, 0.717) is 6.79 Å². The molecule has 0 spiro atoms. The Morgan fingerprint density at radius 3 is 2.43 bits per heavy atom. The van der Waals surface area contributed by atoms with Gasteiger partial charge in [0.15, 0.2) is 18.1 Å². The van der Waals surface area contributed by atoms with Crippen LogP contribution in [0.3, 0.4) is 0 Å². The number of hydrogen-bond donors (Lipinski definition) is 0. The molecule has 0 atom stereocenters. The van der Waals surface area contributed by atoms with E-state index in [0.717, 1.165) is 61.1 Å². The van der Waals surface area contributed by atoms with E-state index in [9.17, 15) is 4.79 Å². The van der Waals surface area contributed by atoms with Gasteiger partial charge in [-0.2, -0.15) is 0 Å². The monoisotopic (exact) mass is 382 g/mol. The number of carbonyl (C=O) groups is 1. The number of rotatable bonds is 5. The van der Waals surface area contributed by atoms with Gasteiger partial charge in [-0.15, -0.1) is 0 Å². The Morgan fingerprint density at radius 1 is 0.964 bits per heavy atom. The molecule has 1 fully saturated rings. The molecular weight excluding hydrogens is 356 g/mol. The van der Waals surface area contributed by atoms with Crippen molar-refractivity contribution in [1.82, 2.24) is 9.80 Å². The standard InChI is InChI=1S/C22H26N2O4/c1-16-9-17(2)11-19(10-16)26-14-22(25)24-7-5-23(6-8-24)13-18-3-4-20-21(12-18)28-15-27-20/h3-4,9-12H,5-8,13-15H2,1-2H3. The molecule has 4 rings (SSSR count). The normalized spacial score (nSPS) is 16.3. The van der Waals surface area contributed by atoms with Gasteiger partial charge in [-0.1, -0.05) is 12.1 Å². The smallest absolute Gasteiger partial charge is 0.260 e. The van der Waals surface area contributed by atoms with E-state index in [2.05, 4.69) is 17.0 Å². The zero-order chi connectivity index (χ0) is 19.5. The summed E-state index contributed by atoms with van der Waals surface area (Å²) in [6.07, 6.45) is 0. The summed E-state index contributed by atoms with van der Waals surface area (Å²) in [5, 5.41) is 0. The molecule has 0 bridgehead atoms. The Kier molecular flexibility index (Phi) is 5.39. The van der Waals surface area contributed by atoms with Gasteiger partial charge in [-0.25, -0.2) is 0 Å². The van der Waals surface area contributed by atoms with Gasteiger partial charge in [-0.05, 0) is 54.8 Å². The molecule has 0 N–H and O–H groups in total. The van der Waals surface area contributed by atoms with E-state index in [4.69, 9.17) is 14.2 Å². The minimum atomic E-state index is 0.0434. The summed E-state index contributed by atoms with van der Waals surface area (Å²) >= 11 is 0. The molecule has 0 aliphatic carbocycles. The molecule has 0 unspecified atom stereocenters. The molecule has 6 nitrogen and oxygen atoms in total.